The summed E-state index contributed by atoms with van der Waals surface area (Å²) < 4.78 is 0. The van der Waals surface area contributed by atoms with Crippen molar-refractivity contribution in [1.82, 2.24) is 0 Å². The third-order valence-corrected chi connectivity index (χ3v) is 4.60. The fourth-order valence-corrected chi connectivity index (χ4v) is 5.72. The molecule has 0 heterocycles. The molecular weight excluding hydrogens is 174 g/mol. The summed E-state index contributed by atoms with van der Waals surface area (Å²) in [7, 11) is 0. The lowest BCUT2D eigenvalue weighted by Crippen LogP contribution is -2.68. The molecule has 0 radical (unpaired) electrons. The molecule has 0 saturated heterocycles. The van der Waals surface area contributed by atoms with E-state index in [1.165, 1.54) is 6.42 Å². The van der Waals surface area contributed by atoms with E-state index in [4.69, 9.17) is 5.73 Å². The lowest BCUT2D eigenvalue weighted by atomic mass is 9.41. The van der Waals surface area contributed by atoms with Gasteiger partial charge < -0.3 is 10.8 Å². The molecule has 3 N–H and O–H groups in total. The van der Waals surface area contributed by atoms with Gasteiger partial charge in [0.1, 0.15) is 0 Å². The van der Waals surface area contributed by atoms with Crippen LogP contribution in [0.1, 0.15) is 52.4 Å². The Morgan fingerprint density at radius 1 is 0.857 bits per heavy atom. The smallest absolute Gasteiger partial charge is 0.0675 e. The fourth-order valence-electron chi connectivity index (χ4n) is 5.72. The summed E-state index contributed by atoms with van der Waals surface area (Å²) in [4.78, 5) is 0. The first-order valence-corrected chi connectivity index (χ1v) is 5.75. The van der Waals surface area contributed by atoms with Crippen LogP contribution in [-0.4, -0.2) is 16.2 Å². The average molecular weight is 195 g/mol. The van der Waals surface area contributed by atoms with Crippen LogP contribution in [0.5, 0.6) is 0 Å². The van der Waals surface area contributed by atoms with E-state index in [1.807, 2.05) is 0 Å². The number of nitrogens with two attached hydrogens (primary N) is 1. The molecule has 4 rings (SSSR count). The molecule has 2 heteroatoms. The Bertz CT molecular complexity index is 203. The van der Waals surface area contributed by atoms with Crippen LogP contribution in [0, 0.1) is 10.8 Å². The maximum Gasteiger partial charge on any atom is 0.0675 e. The maximum absolute atomic E-state index is 10.5. The van der Waals surface area contributed by atoms with Gasteiger partial charge in [-0.1, -0.05) is 13.8 Å². The standard InChI is InChI=1S/C12H21NO/c1-9-3-10(2)5-11(13,4-9)8-12(14,6-9)7-10/h14H,3-8,13H2,1-2H3/t9-,10+,11?,12?. The fraction of sp³-hybridized carbons (Fsp3) is 1.00. The van der Waals surface area contributed by atoms with Crippen LogP contribution in [0.15, 0.2) is 0 Å². The Morgan fingerprint density at radius 3 is 1.71 bits per heavy atom. The second-order valence-corrected chi connectivity index (χ2v) is 7.27. The van der Waals surface area contributed by atoms with Crippen molar-refractivity contribution in [3.63, 3.8) is 0 Å². The van der Waals surface area contributed by atoms with Crippen molar-refractivity contribution in [2.24, 2.45) is 16.6 Å². The molecule has 4 aliphatic carbocycles. The quantitative estimate of drug-likeness (QED) is 0.619. The summed E-state index contributed by atoms with van der Waals surface area (Å²) in [6.07, 6.45) is 6.31. The molecule has 2 unspecified atom stereocenters. The summed E-state index contributed by atoms with van der Waals surface area (Å²) in [5.74, 6) is 0. The van der Waals surface area contributed by atoms with E-state index in [0.717, 1.165) is 32.1 Å². The number of rotatable bonds is 0. The lowest BCUT2D eigenvalue weighted by Gasteiger charge is -2.67. The summed E-state index contributed by atoms with van der Waals surface area (Å²) in [6.45, 7) is 4.63. The Balaban J connectivity index is 2.08. The van der Waals surface area contributed by atoms with Gasteiger partial charge in [-0.15, -0.1) is 0 Å². The van der Waals surface area contributed by atoms with Crippen molar-refractivity contribution in [1.29, 1.82) is 0 Å². The van der Waals surface area contributed by atoms with E-state index in [9.17, 15) is 5.11 Å². The third kappa shape index (κ3) is 1.10. The largest absolute Gasteiger partial charge is 0.390 e. The van der Waals surface area contributed by atoms with E-state index in [-0.39, 0.29) is 5.54 Å². The molecule has 0 aliphatic heterocycles. The molecule has 4 fully saturated rings. The summed E-state index contributed by atoms with van der Waals surface area (Å²) in [5.41, 5.74) is 6.54. The first-order valence-electron chi connectivity index (χ1n) is 5.75. The molecule has 4 aliphatic rings. The van der Waals surface area contributed by atoms with E-state index >= 15 is 0 Å². The topological polar surface area (TPSA) is 46.2 Å². The van der Waals surface area contributed by atoms with E-state index in [0.29, 0.717) is 10.8 Å². The molecule has 0 amide bonds. The van der Waals surface area contributed by atoms with Crippen molar-refractivity contribution in [3.05, 3.63) is 0 Å². The van der Waals surface area contributed by atoms with Crippen molar-refractivity contribution < 1.29 is 5.11 Å². The first kappa shape index (κ1) is 9.17. The summed E-state index contributed by atoms with van der Waals surface area (Å²) in [5, 5.41) is 10.5. The predicted molar refractivity (Wildman–Crippen MR) is 55.8 cm³/mol. The van der Waals surface area contributed by atoms with Gasteiger partial charge in [-0.05, 0) is 49.4 Å². The zero-order valence-corrected chi connectivity index (χ0v) is 9.27. The Hall–Kier alpha value is -0.0800. The first-order chi connectivity index (χ1) is 6.24. The molecule has 14 heavy (non-hydrogen) atoms. The molecule has 4 atom stereocenters. The number of aliphatic hydroxyl groups is 1. The highest BCUT2D eigenvalue weighted by Crippen LogP contribution is 2.66. The van der Waals surface area contributed by atoms with Crippen LogP contribution in [0.2, 0.25) is 0 Å². The SMILES string of the molecule is C[C@]12CC3(N)CC(O)(C1)C[C@@](C)(C3)C2. The van der Waals surface area contributed by atoms with Gasteiger partial charge >= 0.3 is 0 Å². The van der Waals surface area contributed by atoms with E-state index in [2.05, 4.69) is 13.8 Å². The van der Waals surface area contributed by atoms with Crippen LogP contribution in [0.4, 0.5) is 0 Å². The zero-order valence-electron chi connectivity index (χ0n) is 9.27. The Kier molecular flexibility index (Phi) is 1.34. The zero-order chi connectivity index (χ0) is 10.2. The second-order valence-electron chi connectivity index (χ2n) is 7.27. The molecule has 2 nitrogen and oxygen atoms in total. The third-order valence-electron chi connectivity index (χ3n) is 4.60. The summed E-state index contributed by atoms with van der Waals surface area (Å²) >= 11 is 0. The monoisotopic (exact) mass is 195 g/mol. The van der Waals surface area contributed by atoms with Crippen LogP contribution in [0.3, 0.4) is 0 Å². The highest BCUT2D eigenvalue weighted by atomic mass is 16.3. The molecule has 0 spiro atoms. The highest BCUT2D eigenvalue weighted by molar-refractivity contribution is 5.18. The average Bonchev–Trinajstić information content (AvgIpc) is 1.67. The van der Waals surface area contributed by atoms with E-state index in [1.54, 1.807) is 0 Å². The Morgan fingerprint density at radius 2 is 1.36 bits per heavy atom. The molecular formula is C12H21NO. The van der Waals surface area contributed by atoms with Crippen LogP contribution < -0.4 is 5.73 Å². The minimum Gasteiger partial charge on any atom is -0.390 e. The predicted octanol–water partition coefficient (Wildman–Crippen LogP) is 1.81. The number of hydrogen-bond donors (Lipinski definition) is 2. The van der Waals surface area contributed by atoms with Gasteiger partial charge in [0.2, 0.25) is 0 Å². The molecule has 0 aromatic heterocycles. The van der Waals surface area contributed by atoms with Gasteiger partial charge in [0.05, 0.1) is 5.60 Å². The van der Waals surface area contributed by atoms with Gasteiger partial charge in [-0.3, -0.25) is 0 Å². The van der Waals surface area contributed by atoms with Gasteiger partial charge in [0.25, 0.3) is 0 Å². The molecule has 0 aromatic carbocycles. The van der Waals surface area contributed by atoms with Crippen LogP contribution in [-0.2, 0) is 0 Å². The maximum atomic E-state index is 10.5. The normalized spacial score (nSPS) is 66.0. The van der Waals surface area contributed by atoms with Gasteiger partial charge in [0.15, 0.2) is 0 Å². The van der Waals surface area contributed by atoms with Crippen molar-refractivity contribution in [2.75, 3.05) is 0 Å². The van der Waals surface area contributed by atoms with Crippen molar-refractivity contribution in [2.45, 2.75) is 63.5 Å². The summed E-state index contributed by atoms with van der Waals surface area (Å²) in [6, 6.07) is 0. The van der Waals surface area contributed by atoms with Crippen LogP contribution >= 0.6 is 0 Å². The Labute approximate surface area is 85.9 Å². The minimum atomic E-state index is -0.438. The number of hydrogen-bond acceptors (Lipinski definition) is 2. The van der Waals surface area contributed by atoms with Gasteiger partial charge in [-0.2, -0.15) is 0 Å². The van der Waals surface area contributed by atoms with Crippen molar-refractivity contribution >= 4 is 0 Å². The highest BCUT2D eigenvalue weighted by Gasteiger charge is 2.64. The van der Waals surface area contributed by atoms with Gasteiger partial charge in [-0.25, -0.2) is 0 Å². The lowest BCUT2D eigenvalue weighted by molar-refractivity contribution is -0.196. The van der Waals surface area contributed by atoms with E-state index < -0.39 is 5.60 Å². The second kappa shape index (κ2) is 2.05. The molecule has 0 aromatic rings. The molecule has 4 bridgehead atoms. The van der Waals surface area contributed by atoms with Gasteiger partial charge in [0, 0.05) is 5.54 Å². The molecule has 80 valence electrons. The van der Waals surface area contributed by atoms with Crippen LogP contribution in [0.25, 0.3) is 0 Å². The minimum absolute atomic E-state index is 0.0625. The van der Waals surface area contributed by atoms with Crippen molar-refractivity contribution in [3.8, 4) is 0 Å². The molecule has 4 saturated carbocycles.